The highest BCUT2D eigenvalue weighted by molar-refractivity contribution is 7.18. The van der Waals surface area contributed by atoms with Gasteiger partial charge in [-0.1, -0.05) is 18.2 Å². The Morgan fingerprint density at radius 2 is 1.92 bits per heavy atom. The molecule has 3 rings (SSSR count). The number of hydrogen-bond acceptors (Lipinski definition) is 6. The number of para-hydroxylation sites is 1. The molecule has 0 saturated heterocycles. The van der Waals surface area contributed by atoms with Gasteiger partial charge in [-0.05, 0) is 18.2 Å². The fourth-order valence-electron chi connectivity index (χ4n) is 2.27. The van der Waals surface area contributed by atoms with Crippen LogP contribution >= 0.6 is 11.3 Å². The molecule has 0 atom stereocenters. The topological polar surface area (TPSA) is 114 Å². The number of nitro groups is 1. The van der Waals surface area contributed by atoms with E-state index in [1.165, 1.54) is 29.5 Å². The second-order valence-corrected chi connectivity index (χ2v) is 6.50. The number of non-ortho nitro benzene ring substituents is 1. The highest BCUT2D eigenvalue weighted by Crippen LogP contribution is 2.22. The van der Waals surface area contributed by atoms with E-state index >= 15 is 0 Å². The van der Waals surface area contributed by atoms with Crippen LogP contribution in [0.5, 0.6) is 0 Å². The normalized spacial score (nSPS) is 10.5. The highest BCUT2D eigenvalue weighted by atomic mass is 32.1. The molecule has 2 N–H and O–H groups in total. The van der Waals surface area contributed by atoms with Crippen molar-refractivity contribution < 1.29 is 14.5 Å². The second kappa shape index (κ2) is 7.70. The number of thiazole rings is 1. The van der Waals surface area contributed by atoms with Gasteiger partial charge in [-0.15, -0.1) is 11.3 Å². The average molecular weight is 370 g/mol. The Balaban J connectivity index is 1.51. The number of rotatable bonds is 5. The first-order chi connectivity index (χ1) is 12.5. The maximum atomic E-state index is 12.0. The summed E-state index contributed by atoms with van der Waals surface area (Å²) in [6.07, 6.45) is 0.618. The molecule has 26 heavy (non-hydrogen) atoms. The molecular formula is C17H14N4O4S. The van der Waals surface area contributed by atoms with Gasteiger partial charge in [0, 0.05) is 30.5 Å². The molecule has 1 aromatic heterocycles. The van der Waals surface area contributed by atoms with Crippen molar-refractivity contribution in [3.8, 4) is 0 Å². The first-order valence-electron chi connectivity index (χ1n) is 7.71. The number of benzene rings is 2. The van der Waals surface area contributed by atoms with Crippen molar-refractivity contribution in [2.45, 2.75) is 12.8 Å². The Morgan fingerprint density at radius 1 is 1.12 bits per heavy atom. The Bertz CT molecular complexity index is 953. The minimum absolute atomic E-state index is 0.0886. The number of hydrazine groups is 1. The molecule has 0 aliphatic carbocycles. The number of nitrogens with one attached hydrogen (secondary N) is 2. The minimum atomic E-state index is -0.623. The number of hydrogen-bond donors (Lipinski definition) is 2. The zero-order chi connectivity index (χ0) is 18.5. The molecule has 0 aliphatic heterocycles. The van der Waals surface area contributed by atoms with Crippen molar-refractivity contribution >= 4 is 39.1 Å². The molecule has 9 heteroatoms. The van der Waals surface area contributed by atoms with Gasteiger partial charge in [0.1, 0.15) is 0 Å². The maximum absolute atomic E-state index is 12.0. The molecule has 0 aliphatic rings. The van der Waals surface area contributed by atoms with Crippen molar-refractivity contribution in [1.29, 1.82) is 0 Å². The van der Waals surface area contributed by atoms with E-state index in [1.807, 2.05) is 24.3 Å². The van der Waals surface area contributed by atoms with Gasteiger partial charge in [-0.2, -0.15) is 0 Å². The third kappa shape index (κ3) is 4.19. The lowest BCUT2D eigenvalue weighted by molar-refractivity contribution is -0.384. The van der Waals surface area contributed by atoms with Gasteiger partial charge in [0.2, 0.25) is 5.91 Å². The van der Waals surface area contributed by atoms with Crippen molar-refractivity contribution in [2.24, 2.45) is 0 Å². The molecule has 132 valence electrons. The van der Waals surface area contributed by atoms with Gasteiger partial charge < -0.3 is 0 Å². The number of aromatic nitrogens is 1. The Morgan fingerprint density at radius 3 is 2.69 bits per heavy atom. The summed E-state index contributed by atoms with van der Waals surface area (Å²) in [6, 6.07) is 13.0. The number of aryl methyl sites for hydroxylation is 1. The van der Waals surface area contributed by atoms with E-state index in [0.717, 1.165) is 21.3 Å². The van der Waals surface area contributed by atoms with Gasteiger partial charge in [-0.25, -0.2) is 4.98 Å². The molecule has 1 heterocycles. The summed E-state index contributed by atoms with van der Waals surface area (Å²) in [4.78, 5) is 38.4. The number of nitro benzene ring substituents is 1. The second-order valence-electron chi connectivity index (χ2n) is 5.39. The Labute approximate surface area is 152 Å². The molecule has 0 spiro atoms. The van der Waals surface area contributed by atoms with E-state index in [0.29, 0.717) is 6.42 Å². The van der Waals surface area contributed by atoms with Crippen molar-refractivity contribution in [3.05, 3.63) is 69.2 Å². The standard InChI is InChI=1S/C17H14N4O4S/c22-15(8-9-16-18-13-6-1-2-7-14(13)26-16)19-20-17(23)11-4-3-5-12(10-11)21(24)25/h1-7,10H,8-9H2,(H,19,22)(H,20,23). The fourth-order valence-corrected chi connectivity index (χ4v) is 3.24. The maximum Gasteiger partial charge on any atom is 0.270 e. The first-order valence-corrected chi connectivity index (χ1v) is 8.52. The third-order valence-electron chi connectivity index (χ3n) is 3.54. The molecule has 2 amide bonds. The van der Waals surface area contributed by atoms with Gasteiger partial charge >= 0.3 is 0 Å². The molecule has 2 aromatic carbocycles. The lowest BCUT2D eigenvalue weighted by Gasteiger charge is -2.06. The number of fused-ring (bicyclic) bond motifs is 1. The molecule has 8 nitrogen and oxygen atoms in total. The van der Waals surface area contributed by atoms with Gasteiger partial charge in [-0.3, -0.25) is 30.6 Å². The smallest absolute Gasteiger partial charge is 0.270 e. The van der Waals surface area contributed by atoms with E-state index < -0.39 is 10.8 Å². The molecule has 3 aromatic rings. The number of carbonyl (C=O) groups excluding carboxylic acids is 2. The number of carbonyl (C=O) groups is 2. The summed E-state index contributed by atoms with van der Waals surface area (Å²) in [7, 11) is 0. The van der Waals surface area contributed by atoms with E-state index in [9.17, 15) is 19.7 Å². The van der Waals surface area contributed by atoms with E-state index in [-0.39, 0.29) is 23.6 Å². The largest absolute Gasteiger partial charge is 0.273 e. The van der Waals surface area contributed by atoms with E-state index in [1.54, 1.807) is 0 Å². The first kappa shape index (κ1) is 17.5. The van der Waals surface area contributed by atoms with Crippen LogP contribution in [0.2, 0.25) is 0 Å². The van der Waals surface area contributed by atoms with Crippen LogP contribution < -0.4 is 10.9 Å². The summed E-state index contributed by atoms with van der Waals surface area (Å²) in [6.45, 7) is 0. The minimum Gasteiger partial charge on any atom is -0.273 e. The van der Waals surface area contributed by atoms with Gasteiger partial charge in [0.25, 0.3) is 11.6 Å². The zero-order valence-electron chi connectivity index (χ0n) is 13.5. The van der Waals surface area contributed by atoms with Crippen molar-refractivity contribution in [1.82, 2.24) is 15.8 Å². The van der Waals surface area contributed by atoms with Gasteiger partial charge in [0.15, 0.2) is 0 Å². The van der Waals surface area contributed by atoms with Gasteiger partial charge in [0.05, 0.1) is 20.1 Å². The molecule has 0 radical (unpaired) electrons. The molecule has 0 fully saturated rings. The molecule has 0 saturated carbocycles. The SMILES string of the molecule is O=C(CCc1nc2ccccc2s1)NNC(=O)c1cccc([N+](=O)[O-])c1. The Hall–Kier alpha value is -3.33. The number of amides is 2. The molecule has 0 unspecified atom stereocenters. The summed E-state index contributed by atoms with van der Waals surface area (Å²) in [5.74, 6) is -0.995. The summed E-state index contributed by atoms with van der Waals surface area (Å²) in [5, 5.41) is 11.6. The quantitative estimate of drug-likeness (QED) is 0.529. The van der Waals surface area contributed by atoms with E-state index in [2.05, 4.69) is 15.8 Å². The lowest BCUT2D eigenvalue weighted by Crippen LogP contribution is -2.41. The molecular weight excluding hydrogens is 356 g/mol. The van der Waals surface area contributed by atoms with Crippen LogP contribution in [0, 0.1) is 10.1 Å². The Kier molecular flexibility index (Phi) is 5.18. The van der Waals surface area contributed by atoms with Crippen LogP contribution in [0.3, 0.4) is 0 Å². The van der Waals surface area contributed by atoms with Crippen molar-refractivity contribution in [3.63, 3.8) is 0 Å². The highest BCUT2D eigenvalue weighted by Gasteiger charge is 2.12. The fraction of sp³-hybridized carbons (Fsp3) is 0.118. The van der Waals surface area contributed by atoms with Crippen LogP contribution in [0.1, 0.15) is 21.8 Å². The summed E-state index contributed by atoms with van der Waals surface area (Å²) >= 11 is 1.52. The number of nitrogens with zero attached hydrogens (tertiary/aromatic N) is 2. The predicted molar refractivity (Wildman–Crippen MR) is 96.6 cm³/mol. The van der Waals surface area contributed by atoms with Crippen LogP contribution in [0.4, 0.5) is 5.69 Å². The third-order valence-corrected chi connectivity index (χ3v) is 4.63. The average Bonchev–Trinajstić information content (AvgIpc) is 3.07. The zero-order valence-corrected chi connectivity index (χ0v) is 14.3. The summed E-state index contributed by atoms with van der Waals surface area (Å²) in [5.41, 5.74) is 5.34. The summed E-state index contributed by atoms with van der Waals surface area (Å²) < 4.78 is 1.06. The van der Waals surface area contributed by atoms with Crippen LogP contribution in [-0.2, 0) is 11.2 Å². The molecule has 0 bridgehead atoms. The van der Waals surface area contributed by atoms with Crippen LogP contribution in [0.25, 0.3) is 10.2 Å². The lowest BCUT2D eigenvalue weighted by atomic mass is 10.2. The van der Waals surface area contributed by atoms with Crippen LogP contribution in [-0.4, -0.2) is 21.7 Å². The monoisotopic (exact) mass is 370 g/mol. The van der Waals surface area contributed by atoms with Crippen LogP contribution in [0.15, 0.2) is 48.5 Å². The van der Waals surface area contributed by atoms with E-state index in [4.69, 9.17) is 0 Å². The predicted octanol–water partition coefficient (Wildman–Crippen LogP) is 2.60. The van der Waals surface area contributed by atoms with Crippen molar-refractivity contribution in [2.75, 3.05) is 0 Å².